The van der Waals surface area contributed by atoms with E-state index in [-0.39, 0.29) is 36.1 Å². The van der Waals surface area contributed by atoms with Crippen LogP contribution in [-0.2, 0) is 43.1 Å². The number of phenolic OH excluding ortho intramolecular Hbond substituents is 1. The first-order valence-corrected chi connectivity index (χ1v) is 28.5. The standard InChI is InChI=1S/C59H74N18O6/c1-4-27-81-29-31-83-32-30-82-28-18-62-57-65-58(67-59(66-57)75-25-21-73(22-26-75)56(80)53(37-45-35-43-11-7-9-13-49(43)64-45)77-39-51(69-71-77)54(61)40(3)5-2)74-23-19-72(20-24-74)55(79)52(36-44-34-42-10-6-8-12-48(42)63-44)76-38-50(68-70-76)47(60)33-41-14-16-46(78)17-15-41/h1,6-17,34-35,38-40,47,52-54,63-64,78H,5,18-33,36-37,60-61H2,2-3H3,(H,62,65,66,67)/t40?,47-,52-,53+,54-/m0/s1. The van der Waals surface area contributed by atoms with Crippen molar-refractivity contribution >= 4 is 51.5 Å². The number of nitrogens with one attached hydrogen (secondary N) is 3. The second kappa shape index (κ2) is 27.5. The van der Waals surface area contributed by atoms with Gasteiger partial charge in [0.15, 0.2) is 0 Å². The van der Waals surface area contributed by atoms with Gasteiger partial charge in [0.1, 0.15) is 24.4 Å². The van der Waals surface area contributed by atoms with E-state index >= 15 is 0 Å². The molecule has 2 fully saturated rings. The number of rotatable bonds is 27. The molecule has 8 aromatic rings. The van der Waals surface area contributed by atoms with Crippen molar-refractivity contribution in [2.24, 2.45) is 17.4 Å². The molecule has 8 N–H and O–H groups in total. The van der Waals surface area contributed by atoms with Gasteiger partial charge in [-0.05, 0) is 65.1 Å². The highest BCUT2D eigenvalue weighted by Crippen LogP contribution is 2.28. The lowest BCUT2D eigenvalue weighted by molar-refractivity contribution is -0.136. The van der Waals surface area contributed by atoms with Crippen LogP contribution >= 0.6 is 0 Å². The first kappa shape index (κ1) is 57.8. The summed E-state index contributed by atoms with van der Waals surface area (Å²) in [4.78, 5) is 59.4. The smallest absolute Gasteiger partial charge is 0.248 e. The van der Waals surface area contributed by atoms with E-state index in [9.17, 15) is 14.7 Å². The lowest BCUT2D eigenvalue weighted by Crippen LogP contribution is -2.52. The Morgan fingerprint density at radius 2 is 1.18 bits per heavy atom. The van der Waals surface area contributed by atoms with E-state index in [4.69, 9.17) is 47.1 Å². The first-order valence-electron chi connectivity index (χ1n) is 28.5. The van der Waals surface area contributed by atoms with Crippen molar-refractivity contribution < 1.29 is 28.9 Å². The van der Waals surface area contributed by atoms with E-state index in [0.29, 0.717) is 140 Å². The number of fused-ring (bicyclic) bond motifs is 2. The number of nitrogens with zero attached hydrogens (tertiary/aromatic N) is 13. The predicted octanol–water partition coefficient (Wildman–Crippen LogP) is 4.37. The molecule has 0 aliphatic carbocycles. The number of H-pyrrole nitrogens is 2. The van der Waals surface area contributed by atoms with Crippen LogP contribution in [0.4, 0.5) is 17.8 Å². The summed E-state index contributed by atoms with van der Waals surface area (Å²) in [6, 6.07) is 24.9. The fraction of sp³-hybridized carbons (Fsp3) is 0.441. The highest BCUT2D eigenvalue weighted by Gasteiger charge is 2.35. The van der Waals surface area contributed by atoms with Crippen LogP contribution < -0.4 is 26.6 Å². The molecule has 2 saturated heterocycles. The Labute approximate surface area is 481 Å². The number of para-hydroxylation sites is 2. The molecular weight excluding hydrogens is 1060 g/mol. The Hall–Kier alpha value is -8.47. The number of hydrogen-bond acceptors (Lipinski definition) is 18. The van der Waals surface area contributed by atoms with Gasteiger partial charge in [0.25, 0.3) is 0 Å². The Kier molecular flexibility index (Phi) is 19.2. The molecule has 0 saturated carbocycles. The van der Waals surface area contributed by atoms with Crippen LogP contribution in [0, 0.1) is 18.3 Å². The normalized spacial score (nSPS) is 15.8. The summed E-state index contributed by atoms with van der Waals surface area (Å²) in [5.41, 5.74) is 19.2. The van der Waals surface area contributed by atoms with Crippen molar-refractivity contribution in [3.05, 3.63) is 126 Å². The number of carbonyl (C=O) groups excluding carboxylic acids is 2. The minimum absolute atomic E-state index is 0.0763. The van der Waals surface area contributed by atoms with Crippen LogP contribution in [-0.4, -0.2) is 180 Å². The van der Waals surface area contributed by atoms with Crippen molar-refractivity contribution in [1.29, 1.82) is 0 Å². The number of phenols is 1. The molecule has 5 atom stereocenters. The summed E-state index contributed by atoms with van der Waals surface area (Å²) in [6.45, 7) is 10.2. The van der Waals surface area contributed by atoms with Crippen LogP contribution in [0.2, 0.25) is 0 Å². The molecule has 5 aromatic heterocycles. The number of ether oxygens (including phenoxy) is 3. The Morgan fingerprint density at radius 1 is 0.675 bits per heavy atom. The van der Waals surface area contributed by atoms with Gasteiger partial charge in [-0.2, -0.15) is 15.0 Å². The molecular formula is C59H74N18O6. The number of aromatic hydroxyl groups is 1. The van der Waals surface area contributed by atoms with Crippen molar-refractivity contribution in [2.45, 2.75) is 63.7 Å². The predicted molar refractivity (Wildman–Crippen MR) is 314 cm³/mol. The minimum Gasteiger partial charge on any atom is -0.508 e. The van der Waals surface area contributed by atoms with Crippen molar-refractivity contribution in [2.75, 3.05) is 114 Å². The van der Waals surface area contributed by atoms with E-state index < -0.39 is 18.1 Å². The van der Waals surface area contributed by atoms with E-state index in [1.54, 1.807) is 27.7 Å². The number of aromatic nitrogens is 11. The van der Waals surface area contributed by atoms with E-state index in [0.717, 1.165) is 45.2 Å². The summed E-state index contributed by atoms with van der Waals surface area (Å²) >= 11 is 0. The van der Waals surface area contributed by atoms with Gasteiger partial charge in [-0.1, -0.05) is 85.1 Å². The zero-order valence-electron chi connectivity index (χ0n) is 47.1. The number of amides is 2. The van der Waals surface area contributed by atoms with E-state index in [1.165, 1.54) is 0 Å². The fourth-order valence-corrected chi connectivity index (χ4v) is 10.4. The average Bonchev–Trinajstić information content (AvgIpc) is 4.38. The van der Waals surface area contributed by atoms with Crippen molar-refractivity contribution in [3.63, 3.8) is 0 Å². The summed E-state index contributed by atoms with van der Waals surface area (Å²) in [7, 11) is 0. The first-order chi connectivity index (χ1) is 40.5. The topological polar surface area (TPSA) is 291 Å². The van der Waals surface area contributed by atoms with Crippen LogP contribution in [0.3, 0.4) is 0 Å². The van der Waals surface area contributed by atoms with Crippen molar-refractivity contribution in [1.82, 2.24) is 64.7 Å². The lowest BCUT2D eigenvalue weighted by Gasteiger charge is -2.38. The molecule has 10 rings (SSSR count). The van der Waals surface area contributed by atoms with Gasteiger partial charge in [-0.15, -0.1) is 16.6 Å². The highest BCUT2D eigenvalue weighted by molar-refractivity contribution is 5.84. The Morgan fingerprint density at radius 3 is 1.71 bits per heavy atom. The molecule has 24 nitrogen and oxygen atoms in total. The summed E-state index contributed by atoms with van der Waals surface area (Å²) in [5.74, 6) is 3.90. The molecule has 7 heterocycles. The number of carbonyl (C=O) groups is 2. The van der Waals surface area contributed by atoms with Gasteiger partial charge in [-0.25, -0.2) is 9.36 Å². The molecule has 83 heavy (non-hydrogen) atoms. The molecule has 2 amide bonds. The quantitative estimate of drug-likeness (QED) is 0.0308. The van der Waals surface area contributed by atoms with Gasteiger partial charge in [0.2, 0.25) is 29.7 Å². The number of piperazine rings is 2. The van der Waals surface area contributed by atoms with Crippen LogP contribution in [0.1, 0.15) is 72.8 Å². The fourth-order valence-electron chi connectivity index (χ4n) is 10.4. The number of aromatic amines is 2. The molecule has 2 aliphatic heterocycles. The third-order valence-corrected chi connectivity index (χ3v) is 15.5. The highest BCUT2D eigenvalue weighted by atomic mass is 16.5. The third-order valence-electron chi connectivity index (χ3n) is 15.5. The number of nitrogens with two attached hydrogens (primary N) is 2. The molecule has 0 radical (unpaired) electrons. The Balaban J connectivity index is 0.834. The number of terminal acetylenes is 1. The largest absolute Gasteiger partial charge is 0.508 e. The third kappa shape index (κ3) is 14.6. The number of anilines is 3. The molecule has 436 valence electrons. The maximum atomic E-state index is 14.9. The summed E-state index contributed by atoms with van der Waals surface area (Å²) in [5, 5.41) is 33.2. The molecule has 24 heteroatoms. The SMILES string of the molecule is C#CCOCCOCCOCCNc1nc(N2CCN(C(=O)[C@@H](Cc3cc4ccccc4[nH]3)n3cc([C@@H](N)C(C)CC)nn3)CC2)nc(N2CCN(C(=O)[C@H](Cc3cc4ccccc4[nH]3)n3cc([C@@H](N)Cc4ccc(O)cc4)nn3)CC2)n1. The van der Waals surface area contributed by atoms with Gasteiger partial charge < -0.3 is 65.7 Å². The van der Waals surface area contributed by atoms with Gasteiger partial charge in [0.05, 0.1) is 68.9 Å². The van der Waals surface area contributed by atoms with Crippen LogP contribution in [0.5, 0.6) is 5.75 Å². The average molecular weight is 1130 g/mol. The maximum absolute atomic E-state index is 14.9. The summed E-state index contributed by atoms with van der Waals surface area (Å²) in [6.07, 6.45) is 10.9. The number of hydrogen-bond donors (Lipinski definition) is 6. The molecule has 1 unspecified atom stereocenters. The Bertz CT molecular complexity index is 3360. The monoisotopic (exact) mass is 1130 g/mol. The van der Waals surface area contributed by atoms with Crippen molar-refractivity contribution in [3.8, 4) is 18.1 Å². The molecule has 0 bridgehead atoms. The molecule has 0 spiro atoms. The van der Waals surface area contributed by atoms with Gasteiger partial charge in [-0.3, -0.25) is 9.59 Å². The van der Waals surface area contributed by atoms with E-state index in [1.807, 2.05) is 76.7 Å². The second-order valence-corrected chi connectivity index (χ2v) is 21.1. The number of benzene rings is 3. The lowest BCUT2D eigenvalue weighted by atomic mass is 9.98. The molecule has 3 aromatic carbocycles. The van der Waals surface area contributed by atoms with Gasteiger partial charge >= 0.3 is 0 Å². The zero-order chi connectivity index (χ0) is 57.7. The summed E-state index contributed by atoms with van der Waals surface area (Å²) < 4.78 is 20.0. The maximum Gasteiger partial charge on any atom is 0.248 e. The zero-order valence-corrected chi connectivity index (χ0v) is 47.1. The second-order valence-electron chi connectivity index (χ2n) is 21.1. The van der Waals surface area contributed by atoms with Crippen LogP contribution in [0.15, 0.2) is 97.3 Å². The van der Waals surface area contributed by atoms with Gasteiger partial charge in [0, 0.05) is 94.2 Å². The minimum atomic E-state index is -0.728. The van der Waals surface area contributed by atoms with E-state index in [2.05, 4.69) is 77.6 Å². The molecule has 2 aliphatic rings. The van der Waals surface area contributed by atoms with Crippen LogP contribution in [0.25, 0.3) is 21.8 Å².